The fourth-order valence-electron chi connectivity index (χ4n) is 1.12. The highest BCUT2D eigenvalue weighted by atomic mass is 79.9. The van der Waals surface area contributed by atoms with Crippen molar-refractivity contribution in [1.29, 1.82) is 0 Å². The average Bonchev–Trinajstić information content (AvgIpc) is 2.35. The van der Waals surface area contributed by atoms with Crippen LogP contribution in [0.4, 0.5) is 0 Å². The Labute approximate surface area is 73.0 Å². The van der Waals surface area contributed by atoms with Gasteiger partial charge in [0.15, 0.2) is 0 Å². The number of nitrogens with zero attached hydrogens (tertiary/aromatic N) is 2. The lowest BCUT2D eigenvalue weighted by atomic mass is 10.3. The van der Waals surface area contributed by atoms with E-state index in [9.17, 15) is 0 Å². The van der Waals surface area contributed by atoms with Crippen molar-refractivity contribution < 1.29 is 0 Å². The third kappa shape index (κ3) is 0.959. The van der Waals surface area contributed by atoms with E-state index in [1.54, 1.807) is 0 Å². The van der Waals surface area contributed by atoms with Gasteiger partial charge in [-0.1, -0.05) is 6.07 Å². The van der Waals surface area contributed by atoms with E-state index in [1.165, 1.54) is 0 Å². The Morgan fingerprint density at radius 1 is 1.45 bits per heavy atom. The first-order valence-corrected chi connectivity index (χ1v) is 4.14. The Bertz CT molecular complexity index is 392. The summed E-state index contributed by atoms with van der Waals surface area (Å²) >= 11 is 3.43. The van der Waals surface area contributed by atoms with Gasteiger partial charge in [-0.3, -0.25) is 0 Å². The van der Waals surface area contributed by atoms with E-state index >= 15 is 0 Å². The molecule has 1 aromatic carbocycles. The molecule has 0 saturated heterocycles. The first-order valence-electron chi connectivity index (χ1n) is 3.34. The quantitative estimate of drug-likeness (QED) is 0.653. The van der Waals surface area contributed by atoms with Crippen LogP contribution in [0, 0.1) is 0 Å². The molecule has 0 aliphatic carbocycles. The van der Waals surface area contributed by atoms with Gasteiger partial charge in [0.25, 0.3) is 0 Å². The van der Waals surface area contributed by atoms with E-state index in [-0.39, 0.29) is 0 Å². The molecule has 2 nitrogen and oxygen atoms in total. The van der Waals surface area contributed by atoms with Crippen LogP contribution < -0.4 is 0 Å². The molecule has 0 fully saturated rings. The predicted octanol–water partition coefficient (Wildman–Crippen LogP) is 2.34. The van der Waals surface area contributed by atoms with Gasteiger partial charge in [0.05, 0.1) is 11.8 Å². The molecule has 11 heavy (non-hydrogen) atoms. The average molecular weight is 211 g/mol. The van der Waals surface area contributed by atoms with E-state index in [4.69, 9.17) is 0 Å². The van der Waals surface area contributed by atoms with Gasteiger partial charge in [-0.25, -0.2) is 4.98 Å². The number of aromatic nitrogens is 2. The number of rotatable bonds is 0. The summed E-state index contributed by atoms with van der Waals surface area (Å²) in [5.74, 6) is 0. The second-order valence-corrected chi connectivity index (χ2v) is 3.32. The molecule has 0 atom stereocenters. The summed E-state index contributed by atoms with van der Waals surface area (Å²) in [5.41, 5.74) is 2.18. The summed E-state index contributed by atoms with van der Waals surface area (Å²) in [4.78, 5) is 4.23. The molecule has 0 bridgehead atoms. The molecule has 0 spiro atoms. The number of aryl methyl sites for hydroxylation is 1. The number of benzene rings is 1. The molecule has 3 heteroatoms. The van der Waals surface area contributed by atoms with Gasteiger partial charge in [0, 0.05) is 11.5 Å². The standard InChI is InChI=1S/C8H7BrN2/c1-11-5-10-8-6(9)3-2-4-7(8)11/h2-5H,1H3. The second kappa shape index (κ2) is 2.34. The molecule has 0 radical (unpaired) electrons. The summed E-state index contributed by atoms with van der Waals surface area (Å²) in [5, 5.41) is 0. The molecule has 0 saturated carbocycles. The highest BCUT2D eigenvalue weighted by Gasteiger charge is 2.00. The van der Waals surface area contributed by atoms with Gasteiger partial charge < -0.3 is 4.57 Å². The van der Waals surface area contributed by atoms with Gasteiger partial charge in [-0.05, 0) is 28.1 Å². The van der Waals surface area contributed by atoms with Gasteiger partial charge in [-0.15, -0.1) is 0 Å². The third-order valence-electron chi connectivity index (χ3n) is 1.71. The van der Waals surface area contributed by atoms with Crippen molar-refractivity contribution in [3.05, 3.63) is 29.0 Å². The van der Waals surface area contributed by atoms with E-state index in [0.29, 0.717) is 0 Å². The zero-order valence-corrected chi connectivity index (χ0v) is 7.67. The van der Waals surface area contributed by atoms with Gasteiger partial charge >= 0.3 is 0 Å². The molecule has 2 rings (SSSR count). The van der Waals surface area contributed by atoms with Crippen LogP contribution in [-0.4, -0.2) is 9.55 Å². The van der Waals surface area contributed by atoms with E-state index in [1.807, 2.05) is 36.1 Å². The van der Waals surface area contributed by atoms with Crippen molar-refractivity contribution in [3.63, 3.8) is 0 Å². The minimum atomic E-state index is 1.02. The minimum Gasteiger partial charge on any atom is -0.334 e. The molecule has 1 aromatic heterocycles. The molecule has 0 unspecified atom stereocenters. The Balaban J connectivity index is 2.94. The molecule has 56 valence electrons. The number of hydrogen-bond acceptors (Lipinski definition) is 1. The van der Waals surface area contributed by atoms with Crippen molar-refractivity contribution in [1.82, 2.24) is 9.55 Å². The van der Waals surface area contributed by atoms with Gasteiger partial charge in [-0.2, -0.15) is 0 Å². The maximum atomic E-state index is 4.23. The summed E-state index contributed by atoms with van der Waals surface area (Å²) in [6.45, 7) is 0. The number of para-hydroxylation sites is 1. The van der Waals surface area contributed by atoms with Crippen molar-refractivity contribution in [2.75, 3.05) is 0 Å². The Morgan fingerprint density at radius 2 is 2.27 bits per heavy atom. The smallest absolute Gasteiger partial charge is 0.103 e. The number of imidazole rings is 1. The topological polar surface area (TPSA) is 17.8 Å². The van der Waals surface area contributed by atoms with Gasteiger partial charge in [0.1, 0.15) is 5.52 Å². The van der Waals surface area contributed by atoms with E-state index in [2.05, 4.69) is 20.9 Å². The molecule has 0 amide bonds. The molecule has 0 aliphatic heterocycles. The lowest BCUT2D eigenvalue weighted by Gasteiger charge is -1.93. The summed E-state index contributed by atoms with van der Waals surface area (Å²) in [6.07, 6.45) is 1.81. The molecule has 0 aliphatic rings. The van der Waals surface area contributed by atoms with Crippen LogP contribution in [0.3, 0.4) is 0 Å². The molecular weight excluding hydrogens is 204 g/mol. The monoisotopic (exact) mass is 210 g/mol. The zero-order chi connectivity index (χ0) is 7.84. The lowest BCUT2D eigenvalue weighted by Crippen LogP contribution is -1.82. The van der Waals surface area contributed by atoms with Crippen LogP contribution in [0.2, 0.25) is 0 Å². The van der Waals surface area contributed by atoms with Gasteiger partial charge in [0.2, 0.25) is 0 Å². The lowest BCUT2D eigenvalue weighted by molar-refractivity contribution is 0.948. The van der Waals surface area contributed by atoms with Crippen molar-refractivity contribution in [2.45, 2.75) is 0 Å². The Kier molecular flexibility index (Phi) is 1.46. The molecular formula is C8H7BrN2. The third-order valence-corrected chi connectivity index (χ3v) is 2.35. The molecule has 2 aromatic rings. The SMILES string of the molecule is Cn1cnc2c(Br)cccc21. The van der Waals surface area contributed by atoms with Crippen LogP contribution in [0.25, 0.3) is 11.0 Å². The zero-order valence-electron chi connectivity index (χ0n) is 6.08. The van der Waals surface area contributed by atoms with E-state index < -0.39 is 0 Å². The largest absolute Gasteiger partial charge is 0.334 e. The Hall–Kier alpha value is -0.830. The minimum absolute atomic E-state index is 1.02. The first-order chi connectivity index (χ1) is 5.29. The highest BCUT2D eigenvalue weighted by Crippen LogP contribution is 2.20. The predicted molar refractivity (Wildman–Crippen MR) is 48.4 cm³/mol. The van der Waals surface area contributed by atoms with Crippen LogP contribution in [0.1, 0.15) is 0 Å². The summed E-state index contributed by atoms with van der Waals surface area (Å²) in [7, 11) is 1.99. The number of hydrogen-bond donors (Lipinski definition) is 0. The fraction of sp³-hybridized carbons (Fsp3) is 0.125. The van der Waals surface area contributed by atoms with Crippen LogP contribution in [0.15, 0.2) is 29.0 Å². The van der Waals surface area contributed by atoms with Crippen LogP contribution in [0.5, 0.6) is 0 Å². The molecule has 1 heterocycles. The number of fused-ring (bicyclic) bond motifs is 1. The Morgan fingerprint density at radius 3 is 3.00 bits per heavy atom. The van der Waals surface area contributed by atoms with Crippen molar-refractivity contribution >= 4 is 27.0 Å². The second-order valence-electron chi connectivity index (χ2n) is 2.46. The van der Waals surface area contributed by atoms with E-state index in [0.717, 1.165) is 15.5 Å². The summed E-state index contributed by atoms with van der Waals surface area (Å²) in [6, 6.07) is 6.05. The number of halogens is 1. The van der Waals surface area contributed by atoms with Crippen molar-refractivity contribution in [3.8, 4) is 0 Å². The van der Waals surface area contributed by atoms with Crippen LogP contribution >= 0.6 is 15.9 Å². The fourth-order valence-corrected chi connectivity index (χ4v) is 1.58. The highest BCUT2D eigenvalue weighted by molar-refractivity contribution is 9.10. The maximum Gasteiger partial charge on any atom is 0.103 e. The van der Waals surface area contributed by atoms with Crippen LogP contribution in [-0.2, 0) is 7.05 Å². The molecule has 0 N–H and O–H groups in total. The first kappa shape index (κ1) is 6.85. The summed E-state index contributed by atoms with van der Waals surface area (Å²) < 4.78 is 3.05. The normalized spacial score (nSPS) is 10.7. The maximum absolute atomic E-state index is 4.23. The van der Waals surface area contributed by atoms with Crippen molar-refractivity contribution in [2.24, 2.45) is 7.05 Å².